The Morgan fingerprint density at radius 2 is 1.89 bits per heavy atom. The zero-order valence-electron chi connectivity index (χ0n) is 15.4. The van der Waals surface area contributed by atoms with E-state index in [1.165, 1.54) is 6.07 Å². The predicted octanol–water partition coefficient (Wildman–Crippen LogP) is 1.75. The zero-order valence-corrected chi connectivity index (χ0v) is 15.4. The largest absolute Gasteiger partial charge is 0.548 e. The standard InChI is InChI=1S/C21H21NO6/c1-2-3-8-17(20(24)25)22-19(23)12-27-13-9-10-15-14-6-4-5-7-16(14)21(26)28-18(15)11-13/h4-7,9-11,17H,2-3,8,12H2,1H3,(H,22,23)(H,24,25)/p-1/t17-/m1/s1. The van der Waals surface area contributed by atoms with Crippen LogP contribution in [0.3, 0.4) is 0 Å². The van der Waals surface area contributed by atoms with Crippen LogP contribution in [0.4, 0.5) is 0 Å². The fourth-order valence-corrected chi connectivity index (χ4v) is 2.99. The monoisotopic (exact) mass is 382 g/mol. The molecule has 1 amide bonds. The van der Waals surface area contributed by atoms with Gasteiger partial charge in [0, 0.05) is 11.5 Å². The van der Waals surface area contributed by atoms with Crippen LogP contribution in [0.1, 0.15) is 26.2 Å². The van der Waals surface area contributed by atoms with Gasteiger partial charge >= 0.3 is 5.63 Å². The third-order valence-electron chi connectivity index (χ3n) is 4.43. The van der Waals surface area contributed by atoms with E-state index in [2.05, 4.69) is 5.32 Å². The molecule has 1 atom stereocenters. The maximum absolute atomic E-state index is 12.1. The molecule has 0 bridgehead atoms. The average Bonchev–Trinajstić information content (AvgIpc) is 2.69. The number of hydrogen-bond donors (Lipinski definition) is 1. The minimum Gasteiger partial charge on any atom is -0.548 e. The number of fused-ring (bicyclic) bond motifs is 3. The third kappa shape index (κ3) is 4.31. The highest BCUT2D eigenvalue weighted by Gasteiger charge is 2.14. The number of hydrogen-bond acceptors (Lipinski definition) is 6. The number of benzene rings is 2. The van der Waals surface area contributed by atoms with E-state index in [1.807, 2.05) is 19.1 Å². The number of aliphatic carboxylic acids is 1. The Bertz CT molecular complexity index is 1070. The summed E-state index contributed by atoms with van der Waals surface area (Å²) < 4.78 is 10.8. The van der Waals surface area contributed by atoms with Gasteiger partial charge in [0.1, 0.15) is 11.3 Å². The van der Waals surface area contributed by atoms with E-state index in [9.17, 15) is 19.5 Å². The number of carboxylic acids is 1. The molecule has 146 valence electrons. The van der Waals surface area contributed by atoms with Crippen molar-refractivity contribution >= 4 is 33.6 Å². The molecule has 0 radical (unpaired) electrons. The van der Waals surface area contributed by atoms with Gasteiger partial charge in [-0.25, -0.2) is 4.79 Å². The molecule has 3 rings (SSSR count). The highest BCUT2D eigenvalue weighted by atomic mass is 16.5. The molecule has 0 saturated heterocycles. The van der Waals surface area contributed by atoms with Crippen LogP contribution in [0.25, 0.3) is 21.7 Å². The SMILES string of the molecule is CCCC[C@@H](NC(=O)COc1ccc2c(c1)oc(=O)c1ccccc12)C(=O)[O-]. The molecule has 28 heavy (non-hydrogen) atoms. The Morgan fingerprint density at radius 3 is 2.61 bits per heavy atom. The molecule has 1 N–H and O–H groups in total. The Hall–Kier alpha value is -3.35. The Labute approximate surface area is 160 Å². The second-order valence-corrected chi connectivity index (χ2v) is 6.46. The minimum atomic E-state index is -1.32. The van der Waals surface area contributed by atoms with Crippen LogP contribution in [0.15, 0.2) is 51.7 Å². The van der Waals surface area contributed by atoms with Crippen LogP contribution in [-0.4, -0.2) is 24.5 Å². The summed E-state index contributed by atoms with van der Waals surface area (Å²) in [7, 11) is 0. The first-order valence-corrected chi connectivity index (χ1v) is 9.08. The van der Waals surface area contributed by atoms with Crippen LogP contribution >= 0.6 is 0 Å². The second kappa shape index (κ2) is 8.56. The van der Waals surface area contributed by atoms with Gasteiger partial charge in [0.15, 0.2) is 6.61 Å². The van der Waals surface area contributed by atoms with Crippen LogP contribution in [-0.2, 0) is 9.59 Å². The molecule has 1 heterocycles. The van der Waals surface area contributed by atoms with Gasteiger partial charge in [0.2, 0.25) is 0 Å². The van der Waals surface area contributed by atoms with Gasteiger partial charge in [0.25, 0.3) is 5.91 Å². The fourth-order valence-electron chi connectivity index (χ4n) is 2.99. The predicted molar refractivity (Wildman–Crippen MR) is 102 cm³/mol. The van der Waals surface area contributed by atoms with Crippen LogP contribution in [0.5, 0.6) is 5.75 Å². The molecular formula is C21H20NO6-. The smallest absolute Gasteiger partial charge is 0.344 e. The number of ether oxygens (including phenoxy) is 1. The van der Waals surface area contributed by atoms with Gasteiger partial charge in [0.05, 0.1) is 17.4 Å². The molecule has 0 spiro atoms. The normalized spacial score (nSPS) is 12.0. The van der Waals surface area contributed by atoms with Crippen molar-refractivity contribution in [3.63, 3.8) is 0 Å². The van der Waals surface area contributed by atoms with E-state index < -0.39 is 23.5 Å². The van der Waals surface area contributed by atoms with Crippen molar-refractivity contribution < 1.29 is 23.8 Å². The Morgan fingerprint density at radius 1 is 1.14 bits per heavy atom. The summed E-state index contributed by atoms with van der Waals surface area (Å²) >= 11 is 0. The first-order valence-electron chi connectivity index (χ1n) is 9.08. The summed E-state index contributed by atoms with van der Waals surface area (Å²) in [6.07, 6.45) is 1.78. The summed E-state index contributed by atoms with van der Waals surface area (Å²) in [6.45, 7) is 1.57. The number of nitrogens with one attached hydrogen (secondary N) is 1. The molecule has 0 fully saturated rings. The van der Waals surface area contributed by atoms with Crippen LogP contribution in [0.2, 0.25) is 0 Å². The lowest BCUT2D eigenvalue weighted by Gasteiger charge is -2.19. The summed E-state index contributed by atoms with van der Waals surface area (Å²) in [6, 6.07) is 11.0. The Kier molecular flexibility index (Phi) is 5.93. The van der Waals surface area contributed by atoms with E-state index >= 15 is 0 Å². The van der Waals surface area contributed by atoms with Crippen molar-refractivity contribution in [1.82, 2.24) is 5.32 Å². The molecular weight excluding hydrogens is 362 g/mol. The molecule has 0 aliphatic heterocycles. The fraction of sp³-hybridized carbons (Fsp3) is 0.286. The van der Waals surface area contributed by atoms with Gasteiger partial charge in [-0.05, 0) is 30.0 Å². The quantitative estimate of drug-likeness (QED) is 0.470. The maximum Gasteiger partial charge on any atom is 0.344 e. The minimum absolute atomic E-state index is 0.304. The average molecular weight is 382 g/mol. The first-order chi connectivity index (χ1) is 13.5. The molecule has 0 saturated carbocycles. The third-order valence-corrected chi connectivity index (χ3v) is 4.43. The van der Waals surface area contributed by atoms with E-state index in [-0.39, 0.29) is 6.61 Å². The van der Waals surface area contributed by atoms with Gasteiger partial charge in [-0.15, -0.1) is 0 Å². The van der Waals surface area contributed by atoms with E-state index in [4.69, 9.17) is 9.15 Å². The van der Waals surface area contributed by atoms with Crippen molar-refractivity contribution in [3.05, 3.63) is 52.9 Å². The van der Waals surface area contributed by atoms with Gasteiger partial charge in [-0.3, -0.25) is 4.79 Å². The zero-order chi connectivity index (χ0) is 20.1. The number of rotatable bonds is 8. The van der Waals surface area contributed by atoms with Crippen molar-refractivity contribution in [3.8, 4) is 5.75 Å². The summed E-state index contributed by atoms with van der Waals surface area (Å²) in [5.74, 6) is -1.55. The molecule has 2 aromatic carbocycles. The molecule has 3 aromatic rings. The van der Waals surface area contributed by atoms with Crippen molar-refractivity contribution in [2.75, 3.05) is 6.61 Å². The van der Waals surface area contributed by atoms with Gasteiger partial charge < -0.3 is 24.4 Å². The molecule has 0 aliphatic rings. The molecule has 0 unspecified atom stereocenters. The van der Waals surface area contributed by atoms with Crippen molar-refractivity contribution in [2.45, 2.75) is 32.2 Å². The van der Waals surface area contributed by atoms with Crippen molar-refractivity contribution in [2.24, 2.45) is 0 Å². The van der Waals surface area contributed by atoms with Crippen LogP contribution in [0, 0.1) is 0 Å². The number of unbranched alkanes of at least 4 members (excludes halogenated alkanes) is 1. The van der Waals surface area contributed by atoms with Crippen LogP contribution < -0.4 is 20.8 Å². The summed E-state index contributed by atoms with van der Waals surface area (Å²) in [4.78, 5) is 35.2. The van der Waals surface area contributed by atoms with Gasteiger partial charge in [-0.1, -0.05) is 38.0 Å². The second-order valence-electron chi connectivity index (χ2n) is 6.46. The van der Waals surface area contributed by atoms with E-state index in [0.29, 0.717) is 29.6 Å². The number of carbonyl (C=O) groups is 2. The number of amides is 1. The van der Waals surface area contributed by atoms with Crippen molar-refractivity contribution in [1.29, 1.82) is 0 Å². The topological polar surface area (TPSA) is 109 Å². The lowest BCUT2D eigenvalue weighted by atomic mass is 10.1. The molecule has 1 aromatic heterocycles. The lowest BCUT2D eigenvalue weighted by molar-refractivity contribution is -0.308. The van der Waals surface area contributed by atoms with Gasteiger partial charge in [-0.2, -0.15) is 0 Å². The molecule has 7 heteroatoms. The maximum atomic E-state index is 12.1. The number of carbonyl (C=O) groups excluding carboxylic acids is 2. The first kappa shape index (κ1) is 19.4. The lowest BCUT2D eigenvalue weighted by Crippen LogP contribution is -2.49. The Balaban J connectivity index is 1.72. The molecule has 7 nitrogen and oxygen atoms in total. The molecule has 0 aliphatic carbocycles. The van der Waals surface area contributed by atoms with E-state index in [1.54, 1.807) is 24.3 Å². The summed E-state index contributed by atoms with van der Waals surface area (Å²) in [5, 5.41) is 15.5. The highest BCUT2D eigenvalue weighted by Crippen LogP contribution is 2.26. The number of carboxylic acid groups (broad SMARTS) is 1. The highest BCUT2D eigenvalue weighted by molar-refractivity contribution is 6.04. The van der Waals surface area contributed by atoms with E-state index in [0.717, 1.165) is 17.2 Å². The summed E-state index contributed by atoms with van der Waals surface area (Å²) in [5.41, 5.74) is -0.108.